The number of carbonyl (C=O) groups excluding carboxylic acids is 1. The van der Waals surface area contributed by atoms with Gasteiger partial charge in [-0.1, -0.05) is 17.7 Å². The molecule has 4 rings (SSSR count). The van der Waals surface area contributed by atoms with Gasteiger partial charge in [0, 0.05) is 37.8 Å². The summed E-state index contributed by atoms with van der Waals surface area (Å²) in [5.41, 5.74) is 1.74. The third kappa shape index (κ3) is 5.99. The molecule has 1 aliphatic carbocycles. The summed E-state index contributed by atoms with van der Waals surface area (Å²) < 4.78 is 26.4. The Morgan fingerprint density at radius 1 is 1.24 bits per heavy atom. The number of hydrogen-bond donors (Lipinski definition) is 0. The van der Waals surface area contributed by atoms with Gasteiger partial charge in [0.25, 0.3) is 0 Å². The Balaban J connectivity index is 1.33. The van der Waals surface area contributed by atoms with Gasteiger partial charge in [0.05, 0.1) is 11.8 Å². The molecule has 1 saturated carbocycles. The van der Waals surface area contributed by atoms with E-state index in [2.05, 4.69) is 15.4 Å². The zero-order valence-corrected chi connectivity index (χ0v) is 20.5. The number of aryl methyl sites for hydroxylation is 1. The molecule has 11 heteroatoms. The minimum Gasteiger partial charge on any atom is -0.342 e. The maximum atomic E-state index is 12.7. The Kier molecular flexibility index (Phi) is 7.16. The fourth-order valence-corrected chi connectivity index (χ4v) is 6.17. The molecule has 1 saturated heterocycles. The number of halogens is 1. The third-order valence-electron chi connectivity index (χ3n) is 6.16. The lowest BCUT2D eigenvalue weighted by molar-refractivity contribution is -0.125. The van der Waals surface area contributed by atoms with Crippen LogP contribution in [0.2, 0.25) is 5.02 Å². The van der Waals surface area contributed by atoms with Crippen LogP contribution in [-0.4, -0.2) is 75.7 Å². The molecule has 1 aromatic heterocycles. The smallest absolute Gasteiger partial charge is 0.246 e. The average molecular weight is 493 g/mol. The molecule has 0 N–H and O–H groups in total. The maximum Gasteiger partial charge on any atom is 0.246 e. The van der Waals surface area contributed by atoms with Crippen molar-refractivity contribution >= 4 is 33.6 Å². The van der Waals surface area contributed by atoms with E-state index in [4.69, 9.17) is 11.6 Å². The highest BCUT2D eigenvalue weighted by Crippen LogP contribution is 2.33. The number of rotatable bonds is 8. The number of nitrogens with zero attached hydrogens (tertiary/aromatic N) is 6. The van der Waals surface area contributed by atoms with Gasteiger partial charge in [0.15, 0.2) is 5.82 Å². The highest BCUT2D eigenvalue weighted by atomic mass is 35.5. The van der Waals surface area contributed by atoms with E-state index in [0.717, 1.165) is 36.8 Å². The first-order valence-corrected chi connectivity index (χ1v) is 13.1. The Labute approximate surface area is 199 Å². The number of tetrazole rings is 1. The minimum absolute atomic E-state index is 0.0985. The quantitative estimate of drug-likeness (QED) is 0.524. The summed E-state index contributed by atoms with van der Waals surface area (Å²) in [6, 6.07) is 5.47. The summed E-state index contributed by atoms with van der Waals surface area (Å²) in [7, 11) is -1.32. The molecular formula is C22H29ClN6O3S. The van der Waals surface area contributed by atoms with Gasteiger partial charge in [-0.05, 0) is 73.1 Å². The molecule has 0 atom stereocenters. The highest BCUT2D eigenvalue weighted by molar-refractivity contribution is 7.90. The van der Waals surface area contributed by atoms with Gasteiger partial charge in [-0.3, -0.25) is 4.79 Å². The second-order valence-electron chi connectivity index (χ2n) is 8.85. The molecule has 1 aliphatic heterocycles. The monoisotopic (exact) mass is 492 g/mol. The Hall–Kier alpha value is -2.30. The van der Waals surface area contributed by atoms with Crippen LogP contribution in [0.5, 0.6) is 0 Å². The normalized spacial score (nSPS) is 18.2. The number of likely N-dealkylation sites (N-methyl/N-ethyl adjacent to an activating group) is 1. The molecule has 2 aromatic rings. The molecule has 9 nitrogen and oxygen atoms in total. The summed E-state index contributed by atoms with van der Waals surface area (Å²) in [4.78, 5) is 15.9. The van der Waals surface area contributed by atoms with Crippen molar-refractivity contribution in [3.8, 4) is 0 Å². The van der Waals surface area contributed by atoms with E-state index in [9.17, 15) is 13.2 Å². The average Bonchev–Trinajstić information content (AvgIpc) is 3.57. The SMILES string of the molecule is Cc1nnn(Cc2cc(Cl)ccc2/C=C/C(=O)N(C)CC2CCN(S(=O)(=O)C3CC3)CC2)n1. The molecule has 1 amide bonds. The van der Waals surface area contributed by atoms with Crippen LogP contribution < -0.4 is 0 Å². The number of piperidine rings is 1. The van der Waals surface area contributed by atoms with Gasteiger partial charge < -0.3 is 4.90 Å². The highest BCUT2D eigenvalue weighted by Gasteiger charge is 2.41. The fourth-order valence-electron chi connectivity index (χ4n) is 4.11. The predicted molar refractivity (Wildman–Crippen MR) is 126 cm³/mol. The second-order valence-corrected chi connectivity index (χ2v) is 11.5. The van der Waals surface area contributed by atoms with Crippen molar-refractivity contribution < 1.29 is 13.2 Å². The lowest BCUT2D eigenvalue weighted by atomic mass is 9.97. The first-order valence-electron chi connectivity index (χ1n) is 11.2. The molecule has 2 heterocycles. The van der Waals surface area contributed by atoms with E-state index in [1.54, 1.807) is 41.4 Å². The topological polar surface area (TPSA) is 101 Å². The summed E-state index contributed by atoms with van der Waals surface area (Å²) in [6.07, 6.45) is 6.46. The maximum absolute atomic E-state index is 12.7. The van der Waals surface area contributed by atoms with Crippen LogP contribution in [0.25, 0.3) is 6.08 Å². The number of aromatic nitrogens is 4. The lowest BCUT2D eigenvalue weighted by Crippen LogP contribution is -2.42. The number of amides is 1. The Morgan fingerprint density at radius 3 is 2.61 bits per heavy atom. The van der Waals surface area contributed by atoms with Gasteiger partial charge in [-0.2, -0.15) is 4.80 Å². The molecular weight excluding hydrogens is 464 g/mol. The van der Waals surface area contributed by atoms with Gasteiger partial charge in [0.1, 0.15) is 0 Å². The number of benzene rings is 1. The van der Waals surface area contributed by atoms with Gasteiger partial charge in [0.2, 0.25) is 15.9 Å². The third-order valence-corrected chi connectivity index (χ3v) is 8.80. The molecule has 1 aromatic carbocycles. The van der Waals surface area contributed by atoms with Crippen LogP contribution >= 0.6 is 11.6 Å². The van der Waals surface area contributed by atoms with Crippen LogP contribution in [0.3, 0.4) is 0 Å². The largest absolute Gasteiger partial charge is 0.342 e. The van der Waals surface area contributed by atoms with Crippen LogP contribution in [0.1, 0.15) is 42.6 Å². The minimum atomic E-state index is -3.11. The van der Waals surface area contributed by atoms with Crippen LogP contribution in [0.15, 0.2) is 24.3 Å². The van der Waals surface area contributed by atoms with Crippen molar-refractivity contribution in [2.75, 3.05) is 26.7 Å². The van der Waals surface area contributed by atoms with Gasteiger partial charge in [-0.15, -0.1) is 10.2 Å². The summed E-state index contributed by atoms with van der Waals surface area (Å²) >= 11 is 6.16. The van der Waals surface area contributed by atoms with Crippen molar-refractivity contribution in [2.24, 2.45) is 5.92 Å². The van der Waals surface area contributed by atoms with Crippen LogP contribution in [-0.2, 0) is 21.4 Å². The number of carbonyl (C=O) groups is 1. The van der Waals surface area contributed by atoms with Crippen LogP contribution in [0, 0.1) is 12.8 Å². The molecule has 0 unspecified atom stereocenters. The summed E-state index contributed by atoms with van der Waals surface area (Å²) in [5.74, 6) is 0.784. The molecule has 33 heavy (non-hydrogen) atoms. The van der Waals surface area contributed by atoms with E-state index >= 15 is 0 Å². The predicted octanol–water partition coefficient (Wildman–Crippen LogP) is 2.36. The van der Waals surface area contributed by atoms with Crippen molar-refractivity contribution in [1.29, 1.82) is 0 Å². The second kappa shape index (κ2) is 9.90. The standard InChI is InChI=1S/C22H29ClN6O3S/c1-16-24-26-29(25-16)15-19-13-20(23)5-3-18(19)4-8-22(30)27(2)14-17-9-11-28(12-10-17)33(31,32)21-6-7-21/h3-5,8,13,17,21H,6-7,9-12,14-15H2,1-2H3/b8-4+. The molecule has 178 valence electrons. The van der Waals surface area contributed by atoms with Crippen molar-refractivity contribution in [3.63, 3.8) is 0 Å². The van der Waals surface area contributed by atoms with Gasteiger partial charge >= 0.3 is 0 Å². The molecule has 0 bridgehead atoms. The van der Waals surface area contributed by atoms with E-state index in [0.29, 0.717) is 42.9 Å². The molecule has 2 aliphatic rings. The summed E-state index contributed by atoms with van der Waals surface area (Å²) in [6.45, 7) is 3.87. The first-order chi connectivity index (χ1) is 15.7. The molecule has 0 radical (unpaired) electrons. The molecule has 2 fully saturated rings. The van der Waals surface area contributed by atoms with Gasteiger partial charge in [-0.25, -0.2) is 12.7 Å². The van der Waals surface area contributed by atoms with E-state index in [1.807, 2.05) is 12.1 Å². The zero-order chi connectivity index (χ0) is 23.6. The Bertz CT molecular complexity index is 1140. The van der Waals surface area contributed by atoms with E-state index in [1.165, 1.54) is 4.80 Å². The van der Waals surface area contributed by atoms with Crippen molar-refractivity contribution in [1.82, 2.24) is 29.4 Å². The van der Waals surface area contributed by atoms with Crippen molar-refractivity contribution in [3.05, 3.63) is 46.2 Å². The van der Waals surface area contributed by atoms with Crippen molar-refractivity contribution in [2.45, 2.75) is 44.4 Å². The zero-order valence-electron chi connectivity index (χ0n) is 18.9. The summed E-state index contributed by atoms with van der Waals surface area (Å²) in [5, 5.41) is 12.5. The van der Waals surface area contributed by atoms with E-state index in [-0.39, 0.29) is 11.2 Å². The Morgan fingerprint density at radius 2 is 1.97 bits per heavy atom. The molecule has 0 spiro atoms. The van der Waals surface area contributed by atoms with E-state index < -0.39 is 10.0 Å². The number of hydrogen-bond acceptors (Lipinski definition) is 6. The number of sulfonamides is 1. The lowest BCUT2D eigenvalue weighted by Gasteiger charge is -2.33. The first kappa shape index (κ1) is 23.8. The fraction of sp³-hybridized carbons (Fsp3) is 0.545. The van der Waals surface area contributed by atoms with Crippen LogP contribution in [0.4, 0.5) is 0 Å².